The van der Waals surface area contributed by atoms with Crippen LogP contribution in [0.2, 0.25) is 0 Å². The molecule has 1 N–H and O–H groups in total. The van der Waals surface area contributed by atoms with Crippen LogP contribution in [0.25, 0.3) is 11.1 Å². The number of thiophene rings is 1. The Morgan fingerprint density at radius 3 is 2.34 bits per heavy atom. The molecule has 1 amide bonds. The molecule has 3 aromatic rings. The zero-order chi connectivity index (χ0) is 23.8. The number of alkyl halides is 3. The fourth-order valence-corrected chi connectivity index (χ4v) is 3.46. The van der Waals surface area contributed by atoms with Crippen molar-refractivity contribution < 1.29 is 50.3 Å². The van der Waals surface area contributed by atoms with Crippen LogP contribution < -0.4 is 9.86 Å². The Kier molecular flexibility index (Phi) is 6.12. The largest absolute Gasteiger partial charge is 0.573 e. The van der Waals surface area contributed by atoms with Crippen LogP contribution in [0.4, 0.5) is 36.5 Å². The predicted octanol–water partition coefficient (Wildman–Crippen LogP) is 5.96. The molecule has 1 aromatic heterocycles. The van der Waals surface area contributed by atoms with Gasteiger partial charge in [-0.15, -0.1) is 29.6 Å². The minimum absolute atomic E-state index is 0.0736. The van der Waals surface area contributed by atoms with Crippen LogP contribution in [-0.2, 0) is 0 Å². The molecule has 5 nitrogen and oxygen atoms in total. The Balaban J connectivity index is 2.17. The normalized spacial score (nSPS) is 11.3. The Morgan fingerprint density at radius 2 is 1.72 bits per heavy atom. The van der Waals surface area contributed by atoms with Crippen LogP contribution in [0, 0.1) is 17.5 Å². The van der Waals surface area contributed by atoms with Gasteiger partial charge in [0.1, 0.15) is 16.3 Å². The summed E-state index contributed by atoms with van der Waals surface area (Å²) >= 11 is 0.552. The molecular formula is C19H8F7NO4S. The monoisotopic (exact) mass is 479 g/mol. The number of nitrogens with zero attached hydrogens (tertiary/aromatic N) is 1. The first-order valence-electron chi connectivity index (χ1n) is 8.25. The lowest BCUT2D eigenvalue weighted by Gasteiger charge is -2.19. The number of hydrogen-bond donors (Lipinski definition) is 1. The predicted molar refractivity (Wildman–Crippen MR) is 97.6 cm³/mol. The number of carboxylic acid groups (broad SMARTS) is 1. The smallest absolute Gasteiger partial charge is 0.477 e. The molecule has 0 atom stereocenters. The lowest BCUT2D eigenvalue weighted by atomic mass is 10.0. The molecule has 0 aliphatic rings. The van der Waals surface area contributed by atoms with Gasteiger partial charge in [-0.2, -0.15) is 0 Å². The SMILES string of the molecule is O=C(O)c1sccc1C(=O)N(F)c1c(F)cc(F)c(F)c1-c1cccc(OC(F)(F)F)c1. The van der Waals surface area contributed by atoms with Crippen molar-refractivity contribution in [3.63, 3.8) is 0 Å². The summed E-state index contributed by atoms with van der Waals surface area (Å²) in [7, 11) is 0. The highest BCUT2D eigenvalue weighted by Gasteiger charge is 2.33. The van der Waals surface area contributed by atoms with E-state index in [1.165, 1.54) is 0 Å². The van der Waals surface area contributed by atoms with Gasteiger partial charge >= 0.3 is 12.3 Å². The number of carbonyl (C=O) groups excluding carboxylic acids is 1. The number of halogens is 7. The lowest BCUT2D eigenvalue weighted by molar-refractivity contribution is -0.274. The summed E-state index contributed by atoms with van der Waals surface area (Å²) in [6, 6.07) is 3.98. The van der Waals surface area contributed by atoms with Crippen molar-refractivity contribution in [1.29, 1.82) is 0 Å². The highest BCUT2D eigenvalue weighted by atomic mass is 32.1. The molecule has 2 aromatic carbocycles. The Labute approximate surface area is 177 Å². The molecule has 0 bridgehead atoms. The first kappa shape index (κ1) is 23.1. The lowest BCUT2D eigenvalue weighted by Crippen LogP contribution is -2.25. The van der Waals surface area contributed by atoms with Gasteiger partial charge in [0, 0.05) is 6.07 Å². The van der Waals surface area contributed by atoms with Crippen molar-refractivity contribution in [1.82, 2.24) is 0 Å². The fourth-order valence-electron chi connectivity index (χ4n) is 2.74. The van der Waals surface area contributed by atoms with Gasteiger partial charge in [0.2, 0.25) is 0 Å². The number of carboxylic acids is 1. The van der Waals surface area contributed by atoms with Crippen LogP contribution in [0.5, 0.6) is 5.75 Å². The third kappa shape index (κ3) is 4.51. The van der Waals surface area contributed by atoms with Gasteiger partial charge in [-0.3, -0.25) is 4.79 Å². The summed E-state index contributed by atoms with van der Waals surface area (Å²) in [6.45, 7) is 0. The number of anilines is 1. The minimum atomic E-state index is -5.15. The molecule has 0 saturated heterocycles. The van der Waals surface area contributed by atoms with Gasteiger partial charge in [-0.05, 0) is 29.1 Å². The number of benzene rings is 2. The van der Waals surface area contributed by atoms with Gasteiger partial charge in [0.25, 0.3) is 5.91 Å². The van der Waals surface area contributed by atoms with E-state index in [0.717, 1.165) is 29.6 Å². The van der Waals surface area contributed by atoms with E-state index in [0.29, 0.717) is 17.4 Å². The van der Waals surface area contributed by atoms with Crippen LogP contribution in [0.3, 0.4) is 0 Å². The van der Waals surface area contributed by atoms with E-state index >= 15 is 0 Å². The van der Waals surface area contributed by atoms with Crippen LogP contribution in [0.15, 0.2) is 41.8 Å². The number of rotatable bonds is 5. The maximum Gasteiger partial charge on any atom is 0.573 e. The zero-order valence-corrected chi connectivity index (χ0v) is 16.0. The second-order valence-electron chi connectivity index (χ2n) is 6.01. The van der Waals surface area contributed by atoms with Crippen LogP contribution in [0.1, 0.15) is 20.0 Å². The van der Waals surface area contributed by atoms with Gasteiger partial charge in [-0.1, -0.05) is 16.6 Å². The molecule has 0 fully saturated rings. The highest BCUT2D eigenvalue weighted by Crippen LogP contribution is 2.40. The van der Waals surface area contributed by atoms with Gasteiger partial charge in [-0.25, -0.2) is 18.0 Å². The summed E-state index contributed by atoms with van der Waals surface area (Å²) in [5.74, 6) is -9.69. The van der Waals surface area contributed by atoms with Crippen molar-refractivity contribution in [2.24, 2.45) is 0 Å². The average molecular weight is 479 g/mol. The number of hydrogen-bond acceptors (Lipinski definition) is 4. The highest BCUT2D eigenvalue weighted by molar-refractivity contribution is 7.12. The van der Waals surface area contributed by atoms with E-state index in [4.69, 9.17) is 5.11 Å². The maximum absolute atomic E-state index is 15.0. The van der Waals surface area contributed by atoms with E-state index in [9.17, 15) is 40.4 Å². The molecule has 0 unspecified atom stereocenters. The molecule has 0 aliphatic carbocycles. The average Bonchev–Trinajstić information content (AvgIpc) is 3.18. The van der Waals surface area contributed by atoms with Crippen LogP contribution in [-0.4, -0.2) is 23.3 Å². The second-order valence-corrected chi connectivity index (χ2v) is 6.92. The third-order valence-corrected chi connectivity index (χ3v) is 4.87. The van der Waals surface area contributed by atoms with Crippen molar-refractivity contribution in [2.45, 2.75) is 6.36 Å². The van der Waals surface area contributed by atoms with E-state index < -0.39 is 73.8 Å². The van der Waals surface area contributed by atoms with E-state index in [1.54, 1.807) is 0 Å². The first-order valence-corrected chi connectivity index (χ1v) is 9.13. The van der Waals surface area contributed by atoms with E-state index in [2.05, 4.69) is 4.74 Å². The van der Waals surface area contributed by atoms with Crippen molar-refractivity contribution in [3.05, 3.63) is 69.7 Å². The Bertz CT molecular complexity index is 1210. The minimum Gasteiger partial charge on any atom is -0.477 e. The molecule has 3 rings (SSSR count). The molecule has 0 radical (unpaired) electrons. The molecule has 0 saturated carbocycles. The summed E-state index contributed by atoms with van der Waals surface area (Å²) < 4.78 is 99.0. The summed E-state index contributed by atoms with van der Waals surface area (Å²) in [5, 5.41) is 9.26. The number of aromatic carboxylic acids is 1. The molecule has 168 valence electrons. The van der Waals surface area contributed by atoms with Gasteiger partial charge in [0.15, 0.2) is 17.5 Å². The zero-order valence-electron chi connectivity index (χ0n) is 15.2. The van der Waals surface area contributed by atoms with Crippen molar-refractivity contribution >= 4 is 28.9 Å². The van der Waals surface area contributed by atoms with Gasteiger partial charge < -0.3 is 9.84 Å². The molecule has 0 aliphatic heterocycles. The summed E-state index contributed by atoms with van der Waals surface area (Å²) in [4.78, 5) is 23.0. The summed E-state index contributed by atoms with van der Waals surface area (Å²) in [5.41, 5.74) is -4.07. The van der Waals surface area contributed by atoms with Crippen molar-refractivity contribution in [3.8, 4) is 16.9 Å². The number of carbonyl (C=O) groups is 2. The molecule has 0 spiro atoms. The fraction of sp³-hybridized carbons (Fsp3) is 0.0526. The molecule has 1 heterocycles. The Hall–Kier alpha value is -3.61. The molecular weight excluding hydrogens is 471 g/mol. The van der Waals surface area contributed by atoms with Crippen molar-refractivity contribution in [2.75, 3.05) is 5.12 Å². The molecule has 32 heavy (non-hydrogen) atoms. The van der Waals surface area contributed by atoms with E-state index in [-0.39, 0.29) is 6.07 Å². The quantitative estimate of drug-likeness (QED) is 0.279. The third-order valence-electron chi connectivity index (χ3n) is 3.97. The second kappa shape index (κ2) is 8.49. The topological polar surface area (TPSA) is 66.8 Å². The Morgan fingerprint density at radius 1 is 1.03 bits per heavy atom. The first-order chi connectivity index (χ1) is 14.9. The van der Waals surface area contributed by atoms with E-state index in [1.807, 2.05) is 0 Å². The standard InChI is InChI=1S/C19H8F7NO4S/c20-11-7-12(21)15(27(26)17(28)10-4-5-32-16(10)18(29)30)13(14(11)22)8-2-1-3-9(6-8)31-19(23,24)25/h1-7H,(H,29,30). The summed E-state index contributed by atoms with van der Waals surface area (Å²) in [6.07, 6.45) is -5.15. The number of ether oxygens (including phenoxy) is 1. The maximum atomic E-state index is 15.0. The van der Waals surface area contributed by atoms with Crippen LogP contribution >= 0.6 is 11.3 Å². The molecule has 13 heteroatoms. The number of amides is 1. The van der Waals surface area contributed by atoms with Gasteiger partial charge in [0.05, 0.1) is 11.1 Å².